The summed E-state index contributed by atoms with van der Waals surface area (Å²) in [5.41, 5.74) is 6.55. The highest BCUT2D eigenvalue weighted by Gasteiger charge is 2.23. The van der Waals surface area contributed by atoms with Gasteiger partial charge in [-0.15, -0.1) is 0 Å². The number of rotatable bonds is 6. The molecule has 0 saturated heterocycles. The molecule has 128 valence electrons. The fourth-order valence-electron chi connectivity index (χ4n) is 1.53. The standard InChI is InChI=1S/C13H22N6O3S/c1-8(2)5-6-15-11-10(7-16-12(14)18-11)23(21,22)19-13(20)17-9(3)4/h5,7,9H,6H2,1-4H3,(H2,17,19,20)(H3,14,15,16,18). The van der Waals surface area contributed by atoms with Crippen molar-refractivity contribution < 1.29 is 13.2 Å². The van der Waals surface area contributed by atoms with Crippen LogP contribution < -0.4 is 21.1 Å². The molecule has 0 aliphatic heterocycles. The van der Waals surface area contributed by atoms with E-state index in [1.807, 2.05) is 24.6 Å². The van der Waals surface area contributed by atoms with Crippen LogP contribution >= 0.6 is 0 Å². The number of amides is 2. The number of nitrogen functional groups attached to an aromatic ring is 1. The molecule has 5 N–H and O–H groups in total. The van der Waals surface area contributed by atoms with E-state index in [2.05, 4.69) is 20.6 Å². The molecule has 10 heteroatoms. The summed E-state index contributed by atoms with van der Waals surface area (Å²) >= 11 is 0. The average molecular weight is 342 g/mol. The fraction of sp³-hybridized carbons (Fsp3) is 0.462. The molecule has 2 amide bonds. The molecule has 0 aliphatic carbocycles. The van der Waals surface area contributed by atoms with E-state index in [1.54, 1.807) is 13.8 Å². The Morgan fingerprint density at radius 2 is 2.04 bits per heavy atom. The molecule has 23 heavy (non-hydrogen) atoms. The molecule has 0 unspecified atom stereocenters. The topological polar surface area (TPSA) is 139 Å². The third-order valence-corrected chi connectivity index (χ3v) is 3.82. The first-order valence-electron chi connectivity index (χ1n) is 6.95. The van der Waals surface area contributed by atoms with Crippen LogP contribution in [0.1, 0.15) is 27.7 Å². The Bertz CT molecular complexity index is 696. The van der Waals surface area contributed by atoms with Crippen LogP contribution in [0.15, 0.2) is 22.7 Å². The van der Waals surface area contributed by atoms with E-state index in [0.717, 1.165) is 11.8 Å². The van der Waals surface area contributed by atoms with Gasteiger partial charge in [-0.2, -0.15) is 4.98 Å². The van der Waals surface area contributed by atoms with Crippen molar-refractivity contribution in [2.24, 2.45) is 0 Å². The Hall–Kier alpha value is -2.36. The van der Waals surface area contributed by atoms with Crippen molar-refractivity contribution in [3.63, 3.8) is 0 Å². The van der Waals surface area contributed by atoms with E-state index in [1.165, 1.54) is 0 Å². The number of sulfonamides is 1. The summed E-state index contributed by atoms with van der Waals surface area (Å²) in [7, 11) is -4.13. The maximum Gasteiger partial charge on any atom is 0.328 e. The van der Waals surface area contributed by atoms with Gasteiger partial charge in [-0.25, -0.2) is 22.9 Å². The number of nitrogens with one attached hydrogen (secondary N) is 3. The van der Waals surface area contributed by atoms with E-state index in [0.29, 0.717) is 6.54 Å². The Balaban J connectivity index is 3.05. The minimum Gasteiger partial charge on any atom is -0.368 e. The molecular formula is C13H22N6O3S. The third kappa shape index (κ3) is 6.10. The predicted octanol–water partition coefficient (Wildman–Crippen LogP) is 0.833. The van der Waals surface area contributed by atoms with Crippen molar-refractivity contribution >= 4 is 27.8 Å². The molecule has 1 aromatic rings. The lowest BCUT2D eigenvalue weighted by molar-refractivity contribution is 0.243. The molecule has 0 bridgehead atoms. The molecule has 0 atom stereocenters. The quantitative estimate of drug-likeness (QED) is 0.561. The minimum atomic E-state index is -4.13. The number of nitrogens with zero attached hydrogens (tertiary/aromatic N) is 2. The Morgan fingerprint density at radius 1 is 1.39 bits per heavy atom. The second kappa shape index (κ2) is 7.77. The molecule has 0 aliphatic rings. The maximum atomic E-state index is 12.3. The van der Waals surface area contributed by atoms with Gasteiger partial charge in [-0.3, -0.25) is 0 Å². The van der Waals surface area contributed by atoms with Crippen LogP contribution in [0.25, 0.3) is 0 Å². The van der Waals surface area contributed by atoms with E-state index in [-0.39, 0.29) is 22.7 Å². The van der Waals surface area contributed by atoms with Gasteiger partial charge in [0.15, 0.2) is 5.82 Å². The number of urea groups is 1. The molecule has 0 saturated carbocycles. The van der Waals surface area contributed by atoms with Crippen LogP contribution in [0.2, 0.25) is 0 Å². The van der Waals surface area contributed by atoms with Gasteiger partial charge in [0.1, 0.15) is 4.90 Å². The zero-order valence-corrected chi connectivity index (χ0v) is 14.4. The molecule has 1 aromatic heterocycles. The highest BCUT2D eigenvalue weighted by molar-refractivity contribution is 7.90. The lowest BCUT2D eigenvalue weighted by Crippen LogP contribution is -2.42. The average Bonchev–Trinajstić information content (AvgIpc) is 2.35. The first-order valence-corrected chi connectivity index (χ1v) is 8.43. The summed E-state index contributed by atoms with van der Waals surface area (Å²) in [4.78, 5) is 18.9. The van der Waals surface area contributed by atoms with Gasteiger partial charge < -0.3 is 16.4 Å². The van der Waals surface area contributed by atoms with Crippen LogP contribution in [-0.2, 0) is 10.0 Å². The molecule has 1 heterocycles. The second-order valence-electron chi connectivity index (χ2n) is 5.34. The molecule has 0 radical (unpaired) electrons. The van der Waals surface area contributed by atoms with Gasteiger partial charge in [0.25, 0.3) is 10.0 Å². The summed E-state index contributed by atoms with van der Waals surface area (Å²) in [6, 6.07) is -1.03. The van der Waals surface area contributed by atoms with Gasteiger partial charge >= 0.3 is 6.03 Å². The summed E-state index contributed by atoms with van der Waals surface area (Å²) in [5.74, 6) is -0.0462. The Morgan fingerprint density at radius 3 is 2.61 bits per heavy atom. The SMILES string of the molecule is CC(C)=CCNc1nc(N)ncc1S(=O)(=O)NC(=O)NC(C)C. The maximum absolute atomic E-state index is 12.3. The summed E-state index contributed by atoms with van der Waals surface area (Å²) in [5, 5.41) is 5.28. The number of nitrogens with two attached hydrogens (primary N) is 1. The van der Waals surface area contributed by atoms with Gasteiger partial charge in [0.05, 0.1) is 6.20 Å². The number of hydrogen-bond acceptors (Lipinski definition) is 7. The lowest BCUT2D eigenvalue weighted by atomic mass is 10.3. The number of hydrogen-bond donors (Lipinski definition) is 4. The highest BCUT2D eigenvalue weighted by atomic mass is 32.2. The monoisotopic (exact) mass is 342 g/mol. The molecule has 0 aromatic carbocycles. The fourth-order valence-corrected chi connectivity index (χ4v) is 2.51. The van der Waals surface area contributed by atoms with Gasteiger partial charge in [0, 0.05) is 12.6 Å². The number of carbonyl (C=O) groups is 1. The first-order chi connectivity index (χ1) is 10.6. The van der Waals surface area contributed by atoms with E-state index >= 15 is 0 Å². The number of carbonyl (C=O) groups excluding carboxylic acids is 1. The van der Waals surface area contributed by atoms with E-state index < -0.39 is 16.1 Å². The minimum absolute atomic E-state index is 0.0276. The molecule has 0 spiro atoms. The first kappa shape index (κ1) is 18.7. The van der Waals surface area contributed by atoms with Crippen molar-refractivity contribution in [1.29, 1.82) is 0 Å². The predicted molar refractivity (Wildman–Crippen MR) is 88.4 cm³/mol. The van der Waals surface area contributed by atoms with Crippen LogP contribution in [0.4, 0.5) is 16.6 Å². The van der Waals surface area contributed by atoms with Crippen LogP contribution in [-0.4, -0.2) is 37.0 Å². The molecule has 9 nitrogen and oxygen atoms in total. The van der Waals surface area contributed by atoms with Crippen LogP contribution in [0.3, 0.4) is 0 Å². The zero-order chi connectivity index (χ0) is 17.6. The normalized spacial score (nSPS) is 11.0. The lowest BCUT2D eigenvalue weighted by Gasteiger charge is -2.13. The molecule has 0 fully saturated rings. The van der Waals surface area contributed by atoms with Crippen molar-refractivity contribution in [3.05, 3.63) is 17.8 Å². The Labute approximate surface area is 135 Å². The van der Waals surface area contributed by atoms with Crippen molar-refractivity contribution in [3.8, 4) is 0 Å². The third-order valence-electron chi connectivity index (χ3n) is 2.49. The van der Waals surface area contributed by atoms with Gasteiger partial charge in [-0.05, 0) is 27.7 Å². The summed E-state index contributed by atoms with van der Waals surface area (Å²) in [6.45, 7) is 7.60. The highest BCUT2D eigenvalue weighted by Crippen LogP contribution is 2.18. The van der Waals surface area contributed by atoms with Gasteiger partial charge in [-0.1, -0.05) is 11.6 Å². The number of aromatic nitrogens is 2. The Kier molecular flexibility index (Phi) is 6.31. The van der Waals surface area contributed by atoms with Crippen LogP contribution in [0, 0.1) is 0 Å². The van der Waals surface area contributed by atoms with Gasteiger partial charge in [0.2, 0.25) is 5.95 Å². The molecule has 1 rings (SSSR count). The van der Waals surface area contributed by atoms with Crippen LogP contribution in [0.5, 0.6) is 0 Å². The summed E-state index contributed by atoms with van der Waals surface area (Å²) < 4.78 is 26.5. The van der Waals surface area contributed by atoms with Crippen molar-refractivity contribution in [2.75, 3.05) is 17.6 Å². The molecular weight excluding hydrogens is 320 g/mol. The zero-order valence-electron chi connectivity index (χ0n) is 13.5. The smallest absolute Gasteiger partial charge is 0.328 e. The van der Waals surface area contributed by atoms with Crippen molar-refractivity contribution in [2.45, 2.75) is 38.6 Å². The van der Waals surface area contributed by atoms with E-state index in [9.17, 15) is 13.2 Å². The summed E-state index contributed by atoms with van der Waals surface area (Å²) in [6.07, 6.45) is 2.91. The largest absolute Gasteiger partial charge is 0.368 e. The number of anilines is 2. The van der Waals surface area contributed by atoms with E-state index in [4.69, 9.17) is 5.73 Å². The van der Waals surface area contributed by atoms with Crippen molar-refractivity contribution in [1.82, 2.24) is 20.0 Å². The second-order valence-corrected chi connectivity index (χ2v) is 6.99. The number of allylic oxidation sites excluding steroid dienone is 1.